The zero-order chi connectivity index (χ0) is 13.0. The molecule has 0 N–H and O–H groups in total. The van der Waals surface area contributed by atoms with Gasteiger partial charge in [-0.15, -0.1) is 0 Å². The molecule has 0 unspecified atom stereocenters. The summed E-state index contributed by atoms with van der Waals surface area (Å²) in [5.74, 6) is 0.116. The van der Waals surface area contributed by atoms with Crippen LogP contribution in [0.3, 0.4) is 0 Å². The minimum Gasteiger partial charge on any atom is -0.368 e. The third kappa shape index (κ3) is 2.71. The van der Waals surface area contributed by atoms with Gasteiger partial charge in [0, 0.05) is 19.0 Å². The summed E-state index contributed by atoms with van der Waals surface area (Å²) in [5.41, 5.74) is 1.74. The molecule has 1 fully saturated rings. The summed E-state index contributed by atoms with van der Waals surface area (Å²) in [6.45, 7) is 5.06. The van der Waals surface area contributed by atoms with Crippen LogP contribution in [0.25, 0.3) is 0 Å². The van der Waals surface area contributed by atoms with Crippen LogP contribution in [-0.4, -0.2) is 23.4 Å². The van der Waals surface area contributed by atoms with E-state index in [-0.39, 0.29) is 5.78 Å². The summed E-state index contributed by atoms with van der Waals surface area (Å²) < 4.78 is 0. The second kappa shape index (κ2) is 5.98. The van der Waals surface area contributed by atoms with Gasteiger partial charge >= 0.3 is 0 Å². The third-order valence-corrected chi connectivity index (χ3v) is 3.79. The first-order chi connectivity index (χ1) is 8.76. The smallest absolute Gasteiger partial charge is 0.180 e. The van der Waals surface area contributed by atoms with Crippen LogP contribution < -0.4 is 4.90 Å². The van der Waals surface area contributed by atoms with E-state index < -0.39 is 0 Å². The lowest BCUT2D eigenvalue weighted by Crippen LogP contribution is -2.33. The van der Waals surface area contributed by atoms with Crippen molar-refractivity contribution in [3.8, 4) is 0 Å². The van der Waals surface area contributed by atoms with E-state index in [0.29, 0.717) is 18.2 Å². The van der Waals surface area contributed by atoms with E-state index in [0.717, 1.165) is 12.2 Å². The van der Waals surface area contributed by atoms with Gasteiger partial charge in [-0.2, -0.15) is 0 Å². The number of ketones is 1. The summed E-state index contributed by atoms with van der Waals surface area (Å²) in [4.78, 5) is 18.3. The molecule has 3 heteroatoms. The van der Waals surface area contributed by atoms with E-state index in [4.69, 9.17) is 0 Å². The maximum atomic E-state index is 11.5. The van der Waals surface area contributed by atoms with Crippen molar-refractivity contribution >= 4 is 11.5 Å². The van der Waals surface area contributed by atoms with Gasteiger partial charge in [0.2, 0.25) is 0 Å². The van der Waals surface area contributed by atoms with Crippen LogP contribution in [0.4, 0.5) is 5.69 Å². The van der Waals surface area contributed by atoms with Crippen LogP contribution in [0.5, 0.6) is 0 Å². The van der Waals surface area contributed by atoms with Crippen LogP contribution in [0.1, 0.15) is 56.4 Å². The van der Waals surface area contributed by atoms with Crippen molar-refractivity contribution < 1.29 is 4.79 Å². The maximum absolute atomic E-state index is 11.5. The first-order valence-electron chi connectivity index (χ1n) is 7.02. The van der Waals surface area contributed by atoms with Crippen molar-refractivity contribution in [1.29, 1.82) is 0 Å². The van der Waals surface area contributed by atoms with Crippen molar-refractivity contribution in [2.45, 2.75) is 52.0 Å². The Kier molecular flexibility index (Phi) is 4.34. The fourth-order valence-electron chi connectivity index (χ4n) is 2.77. The molecule has 1 aliphatic rings. The molecule has 0 spiro atoms. The molecular formula is C15H22N2O. The van der Waals surface area contributed by atoms with Gasteiger partial charge in [0.1, 0.15) is 5.69 Å². The van der Waals surface area contributed by atoms with E-state index >= 15 is 0 Å². The van der Waals surface area contributed by atoms with Gasteiger partial charge in [0.05, 0.1) is 11.9 Å². The molecule has 1 aromatic rings. The average molecular weight is 246 g/mol. The number of Topliss-reactive ketones (excluding diaryl/α,β-unsaturated/α-hetero) is 1. The molecule has 0 aliphatic heterocycles. The third-order valence-electron chi connectivity index (χ3n) is 3.79. The lowest BCUT2D eigenvalue weighted by atomic mass is 10.1. The molecule has 1 saturated carbocycles. The van der Waals surface area contributed by atoms with Crippen molar-refractivity contribution in [1.82, 2.24) is 4.98 Å². The second-order valence-electron chi connectivity index (χ2n) is 4.90. The second-order valence-corrected chi connectivity index (χ2v) is 4.90. The van der Waals surface area contributed by atoms with Crippen molar-refractivity contribution in [2.75, 3.05) is 11.4 Å². The zero-order valence-electron chi connectivity index (χ0n) is 11.4. The molecule has 0 amide bonds. The number of aromatic nitrogens is 1. The molecule has 1 heterocycles. The number of nitrogens with zero attached hydrogens (tertiary/aromatic N) is 2. The SMILES string of the molecule is CCC(=O)c1ccc(N(CC)C2CCCC2)cn1. The monoisotopic (exact) mass is 246 g/mol. The Morgan fingerprint density at radius 1 is 1.33 bits per heavy atom. The zero-order valence-corrected chi connectivity index (χ0v) is 11.4. The van der Waals surface area contributed by atoms with E-state index in [9.17, 15) is 4.79 Å². The Bertz CT molecular complexity index is 393. The van der Waals surface area contributed by atoms with Crippen LogP contribution in [0.2, 0.25) is 0 Å². The van der Waals surface area contributed by atoms with Crippen molar-refractivity contribution in [2.24, 2.45) is 0 Å². The minimum absolute atomic E-state index is 0.116. The molecule has 3 nitrogen and oxygen atoms in total. The van der Waals surface area contributed by atoms with Crippen LogP contribution in [0, 0.1) is 0 Å². The topological polar surface area (TPSA) is 33.2 Å². The highest BCUT2D eigenvalue weighted by Crippen LogP contribution is 2.27. The number of hydrogen-bond acceptors (Lipinski definition) is 3. The largest absolute Gasteiger partial charge is 0.368 e. The molecule has 0 bridgehead atoms. The van der Waals surface area contributed by atoms with Gasteiger partial charge in [-0.05, 0) is 31.9 Å². The molecule has 1 aromatic heterocycles. The predicted octanol–water partition coefficient (Wildman–Crippen LogP) is 3.44. The summed E-state index contributed by atoms with van der Waals surface area (Å²) >= 11 is 0. The highest BCUT2D eigenvalue weighted by atomic mass is 16.1. The number of hydrogen-bond donors (Lipinski definition) is 0. The van der Waals surface area contributed by atoms with E-state index in [1.807, 2.05) is 25.3 Å². The van der Waals surface area contributed by atoms with E-state index in [1.165, 1.54) is 25.7 Å². The molecule has 98 valence electrons. The lowest BCUT2D eigenvalue weighted by Gasteiger charge is -2.29. The first kappa shape index (κ1) is 13.1. The molecule has 0 radical (unpaired) electrons. The van der Waals surface area contributed by atoms with Crippen LogP contribution in [-0.2, 0) is 0 Å². The molecule has 0 atom stereocenters. The van der Waals surface area contributed by atoms with Crippen LogP contribution >= 0.6 is 0 Å². The first-order valence-corrected chi connectivity index (χ1v) is 7.02. The average Bonchev–Trinajstić information content (AvgIpc) is 2.93. The molecular weight excluding hydrogens is 224 g/mol. The quantitative estimate of drug-likeness (QED) is 0.746. The Hall–Kier alpha value is -1.38. The van der Waals surface area contributed by atoms with Gasteiger partial charge in [0.15, 0.2) is 5.78 Å². The van der Waals surface area contributed by atoms with Gasteiger partial charge in [-0.1, -0.05) is 19.8 Å². The van der Waals surface area contributed by atoms with Crippen LogP contribution in [0.15, 0.2) is 18.3 Å². The number of anilines is 1. The summed E-state index contributed by atoms with van der Waals surface area (Å²) in [7, 11) is 0. The summed E-state index contributed by atoms with van der Waals surface area (Å²) in [6.07, 6.45) is 7.60. The summed E-state index contributed by atoms with van der Waals surface area (Å²) in [6, 6.07) is 4.56. The maximum Gasteiger partial charge on any atom is 0.180 e. The van der Waals surface area contributed by atoms with Gasteiger partial charge in [-0.25, -0.2) is 0 Å². The van der Waals surface area contributed by atoms with Gasteiger partial charge in [0.25, 0.3) is 0 Å². The van der Waals surface area contributed by atoms with Gasteiger partial charge in [-0.3, -0.25) is 9.78 Å². The Labute approximate surface area is 109 Å². The van der Waals surface area contributed by atoms with Crippen molar-refractivity contribution in [3.05, 3.63) is 24.0 Å². The number of carbonyl (C=O) groups excluding carboxylic acids is 1. The fraction of sp³-hybridized carbons (Fsp3) is 0.600. The van der Waals surface area contributed by atoms with Crippen molar-refractivity contribution in [3.63, 3.8) is 0 Å². The fourth-order valence-corrected chi connectivity index (χ4v) is 2.77. The number of rotatable bonds is 5. The minimum atomic E-state index is 0.116. The highest BCUT2D eigenvalue weighted by Gasteiger charge is 2.21. The normalized spacial score (nSPS) is 15.9. The van der Waals surface area contributed by atoms with Gasteiger partial charge < -0.3 is 4.90 Å². The molecule has 2 rings (SSSR count). The highest BCUT2D eigenvalue weighted by molar-refractivity contribution is 5.94. The lowest BCUT2D eigenvalue weighted by molar-refractivity contribution is 0.0983. The van der Waals surface area contributed by atoms with E-state index in [2.05, 4.69) is 16.8 Å². The Morgan fingerprint density at radius 3 is 2.56 bits per heavy atom. The number of pyridine rings is 1. The van der Waals surface area contributed by atoms with E-state index in [1.54, 1.807) is 0 Å². The molecule has 0 aromatic carbocycles. The molecule has 0 saturated heterocycles. The Balaban J connectivity index is 2.13. The molecule has 18 heavy (non-hydrogen) atoms. The predicted molar refractivity (Wildman–Crippen MR) is 74.1 cm³/mol. The number of carbonyl (C=O) groups is 1. The molecule has 1 aliphatic carbocycles. The summed E-state index contributed by atoms with van der Waals surface area (Å²) in [5, 5.41) is 0. The standard InChI is InChI=1S/C15H22N2O/c1-3-15(18)14-10-9-13(11-16-14)17(4-2)12-7-5-6-8-12/h9-12H,3-8H2,1-2H3. The Morgan fingerprint density at radius 2 is 2.06 bits per heavy atom.